The first kappa shape index (κ1) is 13.9. The predicted molar refractivity (Wildman–Crippen MR) is 102 cm³/mol. The maximum atomic E-state index is 4.47. The van der Waals surface area contributed by atoms with Crippen LogP contribution >= 0.6 is 0 Å². The highest BCUT2D eigenvalue weighted by Crippen LogP contribution is 2.37. The summed E-state index contributed by atoms with van der Waals surface area (Å²) in [4.78, 5) is 8.94. The quantitative estimate of drug-likeness (QED) is 0.445. The number of benzene rings is 3. The molecule has 3 heteroatoms. The van der Waals surface area contributed by atoms with Crippen molar-refractivity contribution in [3.8, 4) is 17.1 Å². The van der Waals surface area contributed by atoms with Gasteiger partial charge in [-0.1, -0.05) is 48.5 Å². The molecule has 0 aliphatic heterocycles. The Kier molecular flexibility index (Phi) is 3.10. The molecular formula is C22H15N3. The molecular weight excluding hydrogens is 306 g/mol. The van der Waals surface area contributed by atoms with E-state index in [2.05, 4.69) is 81.3 Å². The van der Waals surface area contributed by atoms with Gasteiger partial charge >= 0.3 is 0 Å². The third-order valence-electron chi connectivity index (χ3n) is 4.52. The minimum atomic E-state index is 0.754. The highest BCUT2D eigenvalue weighted by molar-refractivity contribution is 6.15. The zero-order valence-corrected chi connectivity index (χ0v) is 13.5. The van der Waals surface area contributed by atoms with Crippen molar-refractivity contribution in [1.82, 2.24) is 14.5 Å². The van der Waals surface area contributed by atoms with Gasteiger partial charge in [0, 0.05) is 34.4 Å². The Bertz CT molecular complexity index is 1180. The van der Waals surface area contributed by atoms with Crippen molar-refractivity contribution >= 4 is 21.8 Å². The molecule has 0 aliphatic rings. The maximum Gasteiger partial charge on any atom is 0.159 e. The molecule has 3 aromatic carbocycles. The number of hydrogen-bond donors (Lipinski definition) is 0. The molecule has 0 fully saturated rings. The molecule has 0 saturated carbocycles. The van der Waals surface area contributed by atoms with Crippen LogP contribution in [-0.2, 0) is 0 Å². The van der Waals surface area contributed by atoms with Gasteiger partial charge in [-0.2, -0.15) is 0 Å². The SMILES string of the molecule is c1ccc(-n2c3ccccc3c3c(-c4ncccn4)cccc32)cc1. The van der Waals surface area contributed by atoms with Crippen LogP contribution in [0.3, 0.4) is 0 Å². The van der Waals surface area contributed by atoms with Gasteiger partial charge in [0.25, 0.3) is 0 Å². The molecule has 0 bridgehead atoms. The molecule has 3 nitrogen and oxygen atoms in total. The summed E-state index contributed by atoms with van der Waals surface area (Å²) in [7, 11) is 0. The second-order valence-electron chi connectivity index (χ2n) is 5.96. The Labute approximate surface area is 145 Å². The van der Waals surface area contributed by atoms with Gasteiger partial charge in [-0.3, -0.25) is 0 Å². The van der Waals surface area contributed by atoms with E-state index in [1.54, 1.807) is 12.4 Å². The summed E-state index contributed by atoms with van der Waals surface area (Å²) in [6.45, 7) is 0. The molecule has 5 rings (SSSR count). The van der Waals surface area contributed by atoms with Gasteiger partial charge in [-0.05, 0) is 30.3 Å². The lowest BCUT2D eigenvalue weighted by Gasteiger charge is -2.07. The zero-order valence-electron chi connectivity index (χ0n) is 13.5. The number of hydrogen-bond acceptors (Lipinski definition) is 2. The van der Waals surface area contributed by atoms with Crippen molar-refractivity contribution in [2.45, 2.75) is 0 Å². The highest BCUT2D eigenvalue weighted by Gasteiger charge is 2.16. The summed E-state index contributed by atoms with van der Waals surface area (Å²) in [6, 6.07) is 27.1. The van der Waals surface area contributed by atoms with Crippen LogP contribution in [0.15, 0.2) is 91.3 Å². The summed E-state index contributed by atoms with van der Waals surface area (Å²) >= 11 is 0. The molecule has 0 amide bonds. The van der Waals surface area contributed by atoms with Crippen LogP contribution in [0.4, 0.5) is 0 Å². The van der Waals surface area contributed by atoms with Crippen LogP contribution in [0, 0.1) is 0 Å². The summed E-state index contributed by atoms with van der Waals surface area (Å²) in [5.41, 5.74) is 4.56. The van der Waals surface area contributed by atoms with Crippen molar-refractivity contribution < 1.29 is 0 Å². The van der Waals surface area contributed by atoms with Gasteiger partial charge in [0.1, 0.15) is 0 Å². The number of rotatable bonds is 2. The zero-order chi connectivity index (χ0) is 16.6. The topological polar surface area (TPSA) is 30.7 Å². The van der Waals surface area contributed by atoms with Crippen LogP contribution in [0.25, 0.3) is 38.9 Å². The van der Waals surface area contributed by atoms with Gasteiger partial charge in [0.15, 0.2) is 5.82 Å². The summed E-state index contributed by atoms with van der Waals surface area (Å²) in [6.07, 6.45) is 3.58. The molecule has 0 spiro atoms. The molecule has 25 heavy (non-hydrogen) atoms. The highest BCUT2D eigenvalue weighted by atomic mass is 15.0. The van der Waals surface area contributed by atoms with E-state index in [0.29, 0.717) is 0 Å². The smallest absolute Gasteiger partial charge is 0.159 e. The second kappa shape index (κ2) is 5.56. The average molecular weight is 321 g/mol. The first-order valence-electron chi connectivity index (χ1n) is 8.28. The molecule has 0 N–H and O–H groups in total. The molecule has 0 radical (unpaired) electrons. The van der Waals surface area contributed by atoms with E-state index in [4.69, 9.17) is 0 Å². The van der Waals surface area contributed by atoms with Crippen molar-refractivity contribution in [2.24, 2.45) is 0 Å². The van der Waals surface area contributed by atoms with E-state index >= 15 is 0 Å². The maximum absolute atomic E-state index is 4.47. The van der Waals surface area contributed by atoms with E-state index < -0.39 is 0 Å². The molecule has 0 unspecified atom stereocenters. The Morgan fingerprint density at radius 2 is 1.32 bits per heavy atom. The molecule has 0 saturated heterocycles. The first-order chi connectivity index (χ1) is 12.4. The lowest BCUT2D eigenvalue weighted by molar-refractivity contribution is 1.17. The number of nitrogens with zero attached hydrogens (tertiary/aromatic N) is 3. The Morgan fingerprint density at radius 1 is 0.600 bits per heavy atom. The van der Waals surface area contributed by atoms with Gasteiger partial charge < -0.3 is 4.57 Å². The van der Waals surface area contributed by atoms with Gasteiger partial charge in [-0.15, -0.1) is 0 Å². The third-order valence-corrected chi connectivity index (χ3v) is 4.52. The van der Waals surface area contributed by atoms with Crippen LogP contribution in [0.1, 0.15) is 0 Å². The third kappa shape index (κ3) is 2.13. The number of fused-ring (bicyclic) bond motifs is 3. The minimum absolute atomic E-state index is 0.754. The largest absolute Gasteiger partial charge is 0.309 e. The predicted octanol–water partition coefficient (Wildman–Crippen LogP) is 5.24. The molecule has 5 aromatic rings. The number of para-hydroxylation sites is 2. The van der Waals surface area contributed by atoms with Gasteiger partial charge in [0.2, 0.25) is 0 Å². The van der Waals surface area contributed by atoms with E-state index in [1.165, 1.54) is 16.3 Å². The number of aromatic nitrogens is 3. The fraction of sp³-hybridized carbons (Fsp3) is 0. The fourth-order valence-corrected chi connectivity index (χ4v) is 3.50. The summed E-state index contributed by atoms with van der Waals surface area (Å²) < 4.78 is 2.30. The summed E-state index contributed by atoms with van der Waals surface area (Å²) in [5.74, 6) is 0.754. The van der Waals surface area contributed by atoms with E-state index in [9.17, 15) is 0 Å². The lowest BCUT2D eigenvalue weighted by atomic mass is 10.1. The Balaban J connectivity index is 1.96. The van der Waals surface area contributed by atoms with Crippen molar-refractivity contribution in [3.63, 3.8) is 0 Å². The monoisotopic (exact) mass is 321 g/mol. The first-order valence-corrected chi connectivity index (χ1v) is 8.28. The summed E-state index contributed by atoms with van der Waals surface area (Å²) in [5, 5.41) is 2.40. The van der Waals surface area contributed by atoms with E-state index in [0.717, 1.165) is 22.6 Å². The van der Waals surface area contributed by atoms with Crippen LogP contribution in [-0.4, -0.2) is 14.5 Å². The molecule has 0 atom stereocenters. The molecule has 2 aromatic heterocycles. The van der Waals surface area contributed by atoms with E-state index in [-0.39, 0.29) is 0 Å². The molecule has 0 aliphatic carbocycles. The van der Waals surface area contributed by atoms with Gasteiger partial charge in [-0.25, -0.2) is 9.97 Å². The Hall–Kier alpha value is -3.46. The van der Waals surface area contributed by atoms with Crippen molar-refractivity contribution in [3.05, 3.63) is 91.3 Å². The standard InChI is InChI=1S/C22H15N3/c1-2-8-16(9-3-1)25-19-12-5-4-10-17(19)21-18(11-6-13-20(21)25)22-23-14-7-15-24-22/h1-15H. The van der Waals surface area contributed by atoms with Crippen LogP contribution in [0.5, 0.6) is 0 Å². The normalized spacial score (nSPS) is 11.2. The average Bonchev–Trinajstić information content (AvgIpc) is 3.04. The van der Waals surface area contributed by atoms with Crippen LogP contribution < -0.4 is 0 Å². The second-order valence-corrected chi connectivity index (χ2v) is 5.96. The van der Waals surface area contributed by atoms with Crippen molar-refractivity contribution in [2.75, 3.05) is 0 Å². The van der Waals surface area contributed by atoms with E-state index in [1.807, 2.05) is 12.1 Å². The fourth-order valence-electron chi connectivity index (χ4n) is 3.50. The molecule has 2 heterocycles. The van der Waals surface area contributed by atoms with Gasteiger partial charge in [0.05, 0.1) is 11.0 Å². The Morgan fingerprint density at radius 3 is 2.16 bits per heavy atom. The lowest BCUT2D eigenvalue weighted by Crippen LogP contribution is -1.93. The van der Waals surface area contributed by atoms with Crippen LogP contribution in [0.2, 0.25) is 0 Å². The minimum Gasteiger partial charge on any atom is -0.309 e. The molecule has 118 valence electrons. The van der Waals surface area contributed by atoms with Crippen molar-refractivity contribution in [1.29, 1.82) is 0 Å².